The molecule has 6 heteroatoms. The average Bonchev–Trinajstić information content (AvgIpc) is 2.65. The van der Waals surface area contributed by atoms with E-state index in [4.69, 9.17) is 0 Å². The molecule has 2 aromatic carbocycles. The minimum atomic E-state index is -4.37. The highest BCUT2D eigenvalue weighted by molar-refractivity contribution is 5.87. The molecule has 26 heavy (non-hydrogen) atoms. The van der Waals surface area contributed by atoms with E-state index in [2.05, 4.69) is 4.99 Å². The Labute approximate surface area is 147 Å². The first-order valence-electron chi connectivity index (χ1n) is 8.23. The maximum absolute atomic E-state index is 13.0. The summed E-state index contributed by atoms with van der Waals surface area (Å²) in [5.74, 6) is 0. The standard InChI is InChI=1S/C20H15F3N2O/c21-20(22,23)14-7-5-13(6-8-14)12-25-18-4-2-1-3-16(18)15-9-10-24-11-17(15)19(25)26/h1-8,10H,9,11-12H2. The highest BCUT2D eigenvalue weighted by Crippen LogP contribution is 2.29. The minimum Gasteiger partial charge on any atom is -0.304 e. The van der Waals surface area contributed by atoms with Crippen LogP contribution in [0.3, 0.4) is 0 Å². The summed E-state index contributed by atoms with van der Waals surface area (Å²) in [6, 6.07) is 12.5. The number of alkyl halides is 3. The summed E-state index contributed by atoms with van der Waals surface area (Å²) in [7, 11) is 0. The van der Waals surface area contributed by atoms with E-state index >= 15 is 0 Å². The molecule has 3 aromatic rings. The van der Waals surface area contributed by atoms with Crippen LogP contribution in [0, 0.1) is 0 Å². The first-order chi connectivity index (χ1) is 12.4. The van der Waals surface area contributed by atoms with Gasteiger partial charge in [0.1, 0.15) is 0 Å². The second-order valence-corrected chi connectivity index (χ2v) is 6.29. The highest BCUT2D eigenvalue weighted by Gasteiger charge is 2.30. The smallest absolute Gasteiger partial charge is 0.304 e. The van der Waals surface area contributed by atoms with Crippen LogP contribution in [0.2, 0.25) is 0 Å². The van der Waals surface area contributed by atoms with Crippen LogP contribution in [0.15, 0.2) is 58.3 Å². The summed E-state index contributed by atoms with van der Waals surface area (Å²) in [5.41, 5.74) is 2.26. The van der Waals surface area contributed by atoms with Crippen LogP contribution in [0.4, 0.5) is 13.2 Å². The van der Waals surface area contributed by atoms with Crippen molar-refractivity contribution < 1.29 is 13.2 Å². The van der Waals surface area contributed by atoms with Gasteiger partial charge in [0.25, 0.3) is 5.56 Å². The van der Waals surface area contributed by atoms with Gasteiger partial charge in [-0.05, 0) is 29.3 Å². The van der Waals surface area contributed by atoms with Crippen LogP contribution in [-0.2, 0) is 25.7 Å². The molecule has 2 heterocycles. The van der Waals surface area contributed by atoms with E-state index in [9.17, 15) is 18.0 Å². The molecule has 0 radical (unpaired) electrons. The lowest BCUT2D eigenvalue weighted by Crippen LogP contribution is -2.28. The van der Waals surface area contributed by atoms with Crippen LogP contribution in [0.1, 0.15) is 22.3 Å². The molecule has 0 aliphatic carbocycles. The summed E-state index contributed by atoms with van der Waals surface area (Å²) >= 11 is 0. The quantitative estimate of drug-likeness (QED) is 0.678. The van der Waals surface area contributed by atoms with Crippen LogP contribution in [0.5, 0.6) is 0 Å². The zero-order valence-electron chi connectivity index (χ0n) is 13.8. The Kier molecular flexibility index (Phi) is 3.90. The predicted octanol–water partition coefficient (Wildman–Crippen LogP) is 4.20. The third-order valence-electron chi connectivity index (χ3n) is 4.68. The van der Waals surface area contributed by atoms with Crippen molar-refractivity contribution in [3.05, 3.63) is 81.1 Å². The average molecular weight is 356 g/mol. The lowest BCUT2D eigenvalue weighted by atomic mass is 9.98. The Bertz CT molecular complexity index is 1060. The van der Waals surface area contributed by atoms with Gasteiger partial charge in [-0.1, -0.05) is 30.3 Å². The molecule has 0 saturated heterocycles. The van der Waals surface area contributed by atoms with E-state index < -0.39 is 11.7 Å². The summed E-state index contributed by atoms with van der Waals surface area (Å²) in [6.07, 6.45) is -1.94. The number of halogens is 3. The number of aromatic nitrogens is 1. The number of nitrogens with zero attached hydrogens (tertiary/aromatic N) is 2. The predicted molar refractivity (Wildman–Crippen MR) is 94.7 cm³/mol. The molecule has 1 aliphatic heterocycles. The molecule has 1 aliphatic rings. The molecular weight excluding hydrogens is 341 g/mol. The van der Waals surface area contributed by atoms with Gasteiger partial charge in [-0.25, -0.2) is 0 Å². The van der Waals surface area contributed by atoms with Gasteiger partial charge < -0.3 is 4.57 Å². The van der Waals surface area contributed by atoms with Crippen LogP contribution in [0.25, 0.3) is 10.9 Å². The summed E-state index contributed by atoms with van der Waals surface area (Å²) in [5, 5.41) is 0.986. The van der Waals surface area contributed by atoms with Gasteiger partial charge in [-0.15, -0.1) is 0 Å². The normalized spacial score (nSPS) is 13.8. The van der Waals surface area contributed by atoms with Gasteiger partial charge in [-0.2, -0.15) is 13.2 Å². The number of hydrogen-bond acceptors (Lipinski definition) is 2. The number of para-hydroxylation sites is 1. The molecule has 0 spiro atoms. The zero-order chi connectivity index (χ0) is 18.3. The van der Waals surface area contributed by atoms with E-state index in [1.165, 1.54) is 12.1 Å². The molecule has 0 fully saturated rings. The molecule has 4 rings (SSSR count). The van der Waals surface area contributed by atoms with Gasteiger partial charge in [0.05, 0.1) is 24.2 Å². The first-order valence-corrected chi connectivity index (χ1v) is 8.23. The van der Waals surface area contributed by atoms with Crippen molar-refractivity contribution in [3.8, 4) is 0 Å². The number of fused-ring (bicyclic) bond motifs is 3. The zero-order valence-corrected chi connectivity index (χ0v) is 13.8. The van der Waals surface area contributed by atoms with Crippen LogP contribution < -0.4 is 5.56 Å². The number of aliphatic imine (C=N–C) groups is 1. The van der Waals surface area contributed by atoms with E-state index in [-0.39, 0.29) is 12.1 Å². The fourth-order valence-corrected chi connectivity index (χ4v) is 3.37. The molecule has 3 nitrogen and oxygen atoms in total. The number of rotatable bonds is 2. The molecule has 0 unspecified atom stereocenters. The molecule has 0 amide bonds. The van der Waals surface area contributed by atoms with Crippen molar-refractivity contribution in [2.24, 2.45) is 4.99 Å². The first kappa shape index (κ1) is 16.6. The number of benzene rings is 2. The molecule has 0 bridgehead atoms. The Hall–Kier alpha value is -2.89. The van der Waals surface area contributed by atoms with Gasteiger partial charge in [0.2, 0.25) is 0 Å². The number of hydrogen-bond donors (Lipinski definition) is 0. The van der Waals surface area contributed by atoms with Crippen LogP contribution >= 0.6 is 0 Å². The van der Waals surface area contributed by atoms with Crippen molar-refractivity contribution in [1.29, 1.82) is 0 Å². The second kappa shape index (κ2) is 6.12. The topological polar surface area (TPSA) is 34.4 Å². The van der Waals surface area contributed by atoms with Gasteiger partial charge in [-0.3, -0.25) is 9.79 Å². The van der Waals surface area contributed by atoms with E-state index in [0.717, 1.165) is 28.6 Å². The molecule has 132 valence electrons. The Morgan fingerprint density at radius 1 is 1.00 bits per heavy atom. The molecular formula is C20H15F3N2O. The van der Waals surface area contributed by atoms with Crippen molar-refractivity contribution in [1.82, 2.24) is 4.57 Å². The fraction of sp³-hybridized carbons (Fsp3) is 0.200. The monoisotopic (exact) mass is 356 g/mol. The van der Waals surface area contributed by atoms with E-state index in [1.54, 1.807) is 4.57 Å². The van der Waals surface area contributed by atoms with Crippen molar-refractivity contribution >= 4 is 17.1 Å². The SMILES string of the molecule is O=c1c2c(c3ccccc3n1Cc1ccc(C(F)(F)F)cc1)CC=NC2. The van der Waals surface area contributed by atoms with Gasteiger partial charge in [0.15, 0.2) is 0 Å². The Balaban J connectivity index is 1.82. The second-order valence-electron chi connectivity index (χ2n) is 6.29. The molecule has 0 atom stereocenters. The van der Waals surface area contributed by atoms with Crippen molar-refractivity contribution in [2.45, 2.75) is 25.7 Å². The third kappa shape index (κ3) is 2.81. The fourth-order valence-electron chi connectivity index (χ4n) is 3.37. The van der Waals surface area contributed by atoms with Gasteiger partial charge >= 0.3 is 6.18 Å². The maximum Gasteiger partial charge on any atom is 0.416 e. The van der Waals surface area contributed by atoms with Crippen molar-refractivity contribution in [3.63, 3.8) is 0 Å². The van der Waals surface area contributed by atoms with Gasteiger partial charge in [0, 0.05) is 23.6 Å². The van der Waals surface area contributed by atoms with E-state index in [0.29, 0.717) is 24.1 Å². The largest absolute Gasteiger partial charge is 0.416 e. The van der Waals surface area contributed by atoms with Crippen LogP contribution in [-0.4, -0.2) is 10.8 Å². The summed E-state index contributed by atoms with van der Waals surface area (Å²) < 4.78 is 39.8. The Morgan fingerprint density at radius 2 is 1.73 bits per heavy atom. The molecule has 0 saturated carbocycles. The van der Waals surface area contributed by atoms with Crippen molar-refractivity contribution in [2.75, 3.05) is 0 Å². The van der Waals surface area contributed by atoms with E-state index in [1.807, 2.05) is 30.5 Å². The third-order valence-corrected chi connectivity index (χ3v) is 4.68. The highest BCUT2D eigenvalue weighted by atomic mass is 19.4. The summed E-state index contributed by atoms with van der Waals surface area (Å²) in [4.78, 5) is 17.2. The maximum atomic E-state index is 13.0. The summed E-state index contributed by atoms with van der Waals surface area (Å²) in [6.45, 7) is 0.556. The Morgan fingerprint density at radius 3 is 2.46 bits per heavy atom. The lowest BCUT2D eigenvalue weighted by molar-refractivity contribution is -0.137. The number of pyridine rings is 1. The molecule has 0 N–H and O–H groups in total. The minimum absolute atomic E-state index is 0.129. The lowest BCUT2D eigenvalue weighted by Gasteiger charge is -2.18. The molecule has 1 aromatic heterocycles.